The zero-order valence-electron chi connectivity index (χ0n) is 13.5. The van der Waals surface area contributed by atoms with Gasteiger partial charge in [0.05, 0.1) is 12.5 Å². The van der Waals surface area contributed by atoms with Gasteiger partial charge < -0.3 is 10.4 Å². The Bertz CT molecular complexity index is 713. The van der Waals surface area contributed by atoms with Crippen LogP contribution in [0.3, 0.4) is 0 Å². The summed E-state index contributed by atoms with van der Waals surface area (Å²) >= 11 is 5.84. The fourth-order valence-electron chi connectivity index (χ4n) is 2.57. The van der Waals surface area contributed by atoms with Crippen molar-refractivity contribution in [2.75, 3.05) is 0 Å². The van der Waals surface area contributed by atoms with E-state index in [2.05, 4.69) is 5.32 Å². The lowest BCUT2D eigenvalue weighted by molar-refractivity contribution is -0.137. The molecule has 0 spiro atoms. The molecule has 2 N–H and O–H groups in total. The predicted octanol–water partition coefficient (Wildman–Crippen LogP) is 3.91. The lowest BCUT2D eigenvalue weighted by atomic mass is 9.98. The normalized spacial score (nSPS) is 11.8. The fraction of sp³-hybridized carbons (Fsp3) is 0.263. The van der Waals surface area contributed by atoms with Crippen LogP contribution in [-0.2, 0) is 16.0 Å². The summed E-state index contributed by atoms with van der Waals surface area (Å²) in [7, 11) is 0. The molecule has 4 nitrogen and oxygen atoms in total. The summed E-state index contributed by atoms with van der Waals surface area (Å²) in [6.07, 6.45) is 0.734. The predicted molar refractivity (Wildman–Crippen MR) is 94.1 cm³/mol. The number of carbonyl (C=O) groups excluding carboxylic acids is 1. The van der Waals surface area contributed by atoms with Gasteiger partial charge in [0.25, 0.3) is 0 Å². The summed E-state index contributed by atoms with van der Waals surface area (Å²) in [4.78, 5) is 23.4. The summed E-state index contributed by atoms with van der Waals surface area (Å²) in [5.41, 5.74) is 2.81. The molecule has 0 aliphatic carbocycles. The van der Waals surface area contributed by atoms with Crippen LogP contribution in [0.1, 0.15) is 35.6 Å². The number of carbonyl (C=O) groups is 2. The largest absolute Gasteiger partial charge is 0.481 e. The number of hydrogen-bond donors (Lipinski definition) is 2. The third-order valence-electron chi connectivity index (χ3n) is 3.83. The molecule has 0 fully saturated rings. The van der Waals surface area contributed by atoms with Crippen LogP contribution in [0.25, 0.3) is 0 Å². The van der Waals surface area contributed by atoms with Crippen molar-refractivity contribution < 1.29 is 14.7 Å². The lowest BCUT2D eigenvalue weighted by Crippen LogP contribution is -2.30. The second-order valence-electron chi connectivity index (χ2n) is 5.70. The number of nitrogens with one attached hydrogen (secondary N) is 1. The fourth-order valence-corrected chi connectivity index (χ4v) is 2.69. The van der Waals surface area contributed by atoms with Gasteiger partial charge in [0.1, 0.15) is 0 Å². The molecule has 0 aliphatic heterocycles. The first kappa shape index (κ1) is 18.0. The highest BCUT2D eigenvalue weighted by atomic mass is 35.5. The Morgan fingerprint density at radius 1 is 1.12 bits per heavy atom. The van der Waals surface area contributed by atoms with Crippen molar-refractivity contribution in [1.29, 1.82) is 0 Å². The average molecular weight is 346 g/mol. The van der Waals surface area contributed by atoms with Crippen molar-refractivity contribution in [3.05, 3.63) is 70.2 Å². The van der Waals surface area contributed by atoms with E-state index in [9.17, 15) is 9.59 Å². The molecule has 5 heteroatoms. The quantitative estimate of drug-likeness (QED) is 0.799. The van der Waals surface area contributed by atoms with Crippen LogP contribution in [-0.4, -0.2) is 17.0 Å². The molecule has 24 heavy (non-hydrogen) atoms. The Balaban J connectivity index is 2.00. The van der Waals surface area contributed by atoms with Gasteiger partial charge in [-0.05, 0) is 42.2 Å². The molecule has 0 saturated carbocycles. The summed E-state index contributed by atoms with van der Waals surface area (Å²) in [5, 5.41) is 12.6. The van der Waals surface area contributed by atoms with Gasteiger partial charge in [-0.25, -0.2) is 0 Å². The SMILES string of the molecule is Cc1ccccc1C(CC(=O)O)NC(=O)CCc1ccc(Cl)cc1. The maximum Gasteiger partial charge on any atom is 0.305 e. The molecule has 1 amide bonds. The first-order chi connectivity index (χ1) is 11.5. The molecule has 1 atom stereocenters. The summed E-state index contributed by atoms with van der Waals surface area (Å²) in [6, 6.07) is 14.3. The topological polar surface area (TPSA) is 66.4 Å². The number of aliphatic carboxylic acids is 1. The highest BCUT2D eigenvalue weighted by Crippen LogP contribution is 2.21. The van der Waals surface area contributed by atoms with Gasteiger partial charge in [-0.15, -0.1) is 0 Å². The molecule has 0 aromatic heterocycles. The molecule has 2 aromatic rings. The average Bonchev–Trinajstić information content (AvgIpc) is 2.54. The van der Waals surface area contributed by atoms with Crippen molar-refractivity contribution in [2.45, 2.75) is 32.2 Å². The highest BCUT2D eigenvalue weighted by Gasteiger charge is 2.19. The van der Waals surface area contributed by atoms with Crippen LogP contribution < -0.4 is 5.32 Å². The number of amides is 1. The second kappa shape index (κ2) is 8.50. The molecule has 2 rings (SSSR count). The first-order valence-corrected chi connectivity index (χ1v) is 8.14. The van der Waals surface area contributed by atoms with Crippen LogP contribution >= 0.6 is 11.6 Å². The van der Waals surface area contributed by atoms with Crippen molar-refractivity contribution in [1.82, 2.24) is 5.32 Å². The molecular formula is C19H20ClNO3. The Kier molecular flexibility index (Phi) is 6.38. The van der Waals surface area contributed by atoms with Crippen molar-refractivity contribution in [2.24, 2.45) is 0 Å². The van der Waals surface area contributed by atoms with E-state index in [-0.39, 0.29) is 12.3 Å². The maximum atomic E-state index is 12.2. The maximum absolute atomic E-state index is 12.2. The number of rotatable bonds is 7. The number of carboxylic acids is 1. The number of benzene rings is 2. The Labute approximate surface area is 146 Å². The Hall–Kier alpha value is -2.33. The third-order valence-corrected chi connectivity index (χ3v) is 4.08. The van der Waals surface area contributed by atoms with Crippen LogP contribution in [0.15, 0.2) is 48.5 Å². The minimum Gasteiger partial charge on any atom is -0.481 e. The third kappa shape index (κ3) is 5.39. The zero-order valence-corrected chi connectivity index (χ0v) is 14.2. The van der Waals surface area contributed by atoms with Crippen LogP contribution in [0.4, 0.5) is 0 Å². The van der Waals surface area contributed by atoms with E-state index < -0.39 is 12.0 Å². The number of hydrogen-bond acceptors (Lipinski definition) is 2. The molecule has 0 saturated heterocycles. The summed E-state index contributed by atoms with van der Waals surface area (Å²) in [6.45, 7) is 1.91. The van der Waals surface area contributed by atoms with Crippen molar-refractivity contribution in [3.63, 3.8) is 0 Å². The van der Waals surface area contributed by atoms with Gasteiger partial charge in [0.2, 0.25) is 5.91 Å². The summed E-state index contributed by atoms with van der Waals surface area (Å²) < 4.78 is 0. The number of halogens is 1. The van der Waals surface area contributed by atoms with Gasteiger partial charge in [-0.1, -0.05) is 48.0 Å². The van der Waals surface area contributed by atoms with E-state index in [4.69, 9.17) is 16.7 Å². The van der Waals surface area contributed by atoms with Gasteiger partial charge in [0, 0.05) is 11.4 Å². The minimum atomic E-state index is -0.943. The van der Waals surface area contributed by atoms with Crippen LogP contribution in [0.5, 0.6) is 0 Å². The standard InChI is InChI=1S/C19H20ClNO3/c1-13-4-2-3-5-16(13)17(12-19(23)24)21-18(22)11-8-14-6-9-15(20)10-7-14/h2-7,9-10,17H,8,11-12H2,1H3,(H,21,22)(H,23,24). The highest BCUT2D eigenvalue weighted by molar-refractivity contribution is 6.30. The van der Waals surface area contributed by atoms with Crippen molar-refractivity contribution >= 4 is 23.5 Å². The molecule has 1 unspecified atom stereocenters. The van der Waals surface area contributed by atoms with Gasteiger partial charge >= 0.3 is 5.97 Å². The molecule has 0 aliphatic rings. The lowest BCUT2D eigenvalue weighted by Gasteiger charge is -2.19. The van der Waals surface area contributed by atoms with E-state index in [1.807, 2.05) is 43.3 Å². The van der Waals surface area contributed by atoms with Crippen LogP contribution in [0.2, 0.25) is 5.02 Å². The molecule has 0 radical (unpaired) electrons. The first-order valence-electron chi connectivity index (χ1n) is 7.77. The van der Waals surface area contributed by atoms with Gasteiger partial charge in [0.15, 0.2) is 0 Å². The second-order valence-corrected chi connectivity index (χ2v) is 6.14. The molecule has 0 heterocycles. The molecule has 126 valence electrons. The van der Waals surface area contributed by atoms with E-state index in [1.165, 1.54) is 0 Å². The molecular weight excluding hydrogens is 326 g/mol. The monoisotopic (exact) mass is 345 g/mol. The van der Waals surface area contributed by atoms with Gasteiger partial charge in [-0.2, -0.15) is 0 Å². The van der Waals surface area contributed by atoms with Crippen LogP contribution in [0, 0.1) is 6.92 Å². The number of carboxylic acid groups (broad SMARTS) is 1. The minimum absolute atomic E-state index is 0.141. The van der Waals surface area contributed by atoms with Gasteiger partial charge in [-0.3, -0.25) is 9.59 Å². The van der Waals surface area contributed by atoms with E-state index >= 15 is 0 Å². The van der Waals surface area contributed by atoms with E-state index in [0.29, 0.717) is 17.9 Å². The van der Waals surface area contributed by atoms with E-state index in [1.54, 1.807) is 12.1 Å². The molecule has 0 bridgehead atoms. The Morgan fingerprint density at radius 2 is 1.79 bits per heavy atom. The number of aryl methyl sites for hydroxylation is 2. The zero-order chi connectivity index (χ0) is 17.5. The van der Waals surface area contributed by atoms with Crippen molar-refractivity contribution in [3.8, 4) is 0 Å². The smallest absolute Gasteiger partial charge is 0.305 e. The molecule has 2 aromatic carbocycles. The summed E-state index contributed by atoms with van der Waals surface area (Å²) in [5.74, 6) is -1.11. The Morgan fingerprint density at radius 3 is 2.42 bits per heavy atom. The van der Waals surface area contributed by atoms with E-state index in [0.717, 1.165) is 16.7 Å².